The lowest BCUT2D eigenvalue weighted by atomic mass is 10.1. The Balaban J connectivity index is 1.53. The van der Waals surface area contributed by atoms with Crippen molar-refractivity contribution in [3.05, 3.63) is 35.9 Å². The molecule has 0 bridgehead atoms. The third-order valence-electron chi connectivity index (χ3n) is 4.87. The third-order valence-corrected chi connectivity index (χ3v) is 4.87. The van der Waals surface area contributed by atoms with Crippen molar-refractivity contribution in [1.29, 1.82) is 0 Å². The van der Waals surface area contributed by atoms with Gasteiger partial charge in [0, 0.05) is 45.4 Å². The highest BCUT2D eigenvalue weighted by molar-refractivity contribution is 5.14. The van der Waals surface area contributed by atoms with Gasteiger partial charge in [0.1, 0.15) is 0 Å². The fourth-order valence-electron chi connectivity index (χ4n) is 3.61. The van der Waals surface area contributed by atoms with Crippen LogP contribution in [-0.2, 0) is 11.3 Å². The van der Waals surface area contributed by atoms with Crippen molar-refractivity contribution in [2.24, 2.45) is 0 Å². The van der Waals surface area contributed by atoms with Gasteiger partial charge < -0.3 is 4.74 Å². The maximum absolute atomic E-state index is 5.79. The monoisotopic (exact) mass is 288 g/mol. The predicted molar refractivity (Wildman–Crippen MR) is 86.3 cm³/mol. The molecule has 2 heterocycles. The van der Waals surface area contributed by atoms with E-state index in [2.05, 4.69) is 47.1 Å². The number of benzene rings is 1. The van der Waals surface area contributed by atoms with Crippen molar-refractivity contribution in [3.63, 3.8) is 0 Å². The van der Waals surface area contributed by atoms with E-state index in [0.717, 1.165) is 19.7 Å². The summed E-state index contributed by atoms with van der Waals surface area (Å²) < 4.78 is 5.79. The van der Waals surface area contributed by atoms with Crippen molar-refractivity contribution in [1.82, 2.24) is 9.80 Å². The van der Waals surface area contributed by atoms with E-state index in [1.165, 1.54) is 44.5 Å². The van der Waals surface area contributed by atoms with Gasteiger partial charge >= 0.3 is 0 Å². The summed E-state index contributed by atoms with van der Waals surface area (Å²) in [4.78, 5) is 5.27. The van der Waals surface area contributed by atoms with E-state index in [0.29, 0.717) is 12.1 Å². The van der Waals surface area contributed by atoms with Crippen LogP contribution in [-0.4, -0.2) is 54.7 Å². The maximum atomic E-state index is 5.79. The second-order valence-corrected chi connectivity index (χ2v) is 6.41. The van der Waals surface area contributed by atoms with E-state index in [4.69, 9.17) is 4.74 Å². The molecule has 0 spiro atoms. The second kappa shape index (κ2) is 7.39. The number of rotatable bonds is 5. The number of hydrogen-bond acceptors (Lipinski definition) is 3. The molecule has 2 aliphatic rings. The van der Waals surface area contributed by atoms with Crippen molar-refractivity contribution in [2.45, 2.75) is 44.9 Å². The lowest BCUT2D eigenvalue weighted by Crippen LogP contribution is -2.53. The van der Waals surface area contributed by atoms with E-state index < -0.39 is 0 Å². The van der Waals surface area contributed by atoms with Crippen LogP contribution in [0.1, 0.15) is 31.7 Å². The molecular weight excluding hydrogens is 260 g/mol. The average Bonchev–Trinajstić information content (AvgIpc) is 3.03. The summed E-state index contributed by atoms with van der Waals surface area (Å²) in [5, 5.41) is 0. The fourth-order valence-corrected chi connectivity index (χ4v) is 3.61. The first-order valence-electron chi connectivity index (χ1n) is 8.47. The van der Waals surface area contributed by atoms with Gasteiger partial charge in [-0.3, -0.25) is 9.80 Å². The molecule has 0 saturated carbocycles. The molecule has 2 saturated heterocycles. The van der Waals surface area contributed by atoms with E-state index in [-0.39, 0.29) is 0 Å². The molecule has 2 fully saturated rings. The number of nitrogens with zero attached hydrogens (tertiary/aromatic N) is 2. The summed E-state index contributed by atoms with van der Waals surface area (Å²) >= 11 is 0. The molecular formula is C18H28N2O. The van der Waals surface area contributed by atoms with Gasteiger partial charge in [0.05, 0.1) is 6.10 Å². The Hall–Kier alpha value is -0.900. The zero-order valence-electron chi connectivity index (χ0n) is 13.2. The molecule has 0 radical (unpaired) electrons. The summed E-state index contributed by atoms with van der Waals surface area (Å²) in [7, 11) is 0. The van der Waals surface area contributed by atoms with Gasteiger partial charge in [-0.15, -0.1) is 0 Å². The quantitative estimate of drug-likeness (QED) is 0.828. The van der Waals surface area contributed by atoms with Gasteiger partial charge in [-0.05, 0) is 24.8 Å². The molecule has 0 N–H and O–H groups in total. The van der Waals surface area contributed by atoms with Gasteiger partial charge in [-0.1, -0.05) is 37.3 Å². The summed E-state index contributed by atoms with van der Waals surface area (Å²) in [6, 6.07) is 11.5. The Morgan fingerprint density at radius 2 is 2.05 bits per heavy atom. The van der Waals surface area contributed by atoms with Gasteiger partial charge in [0.2, 0.25) is 0 Å². The van der Waals surface area contributed by atoms with Crippen LogP contribution in [0.4, 0.5) is 0 Å². The third kappa shape index (κ3) is 4.06. The fraction of sp³-hybridized carbons (Fsp3) is 0.667. The highest BCUT2D eigenvalue weighted by Crippen LogP contribution is 2.19. The van der Waals surface area contributed by atoms with Crippen molar-refractivity contribution in [3.8, 4) is 0 Å². The Morgan fingerprint density at radius 1 is 1.19 bits per heavy atom. The minimum absolute atomic E-state index is 0.489. The van der Waals surface area contributed by atoms with E-state index in [1.807, 2.05) is 0 Å². The standard InChI is InChI=1S/C18H28N2O/c1-2-17-14-19(15-18-9-6-12-21-18)10-11-20(17)13-16-7-4-3-5-8-16/h3-5,7-8,17-18H,2,6,9-15H2,1H3. The molecule has 0 amide bonds. The molecule has 0 aromatic heterocycles. The van der Waals surface area contributed by atoms with Crippen molar-refractivity contribution >= 4 is 0 Å². The van der Waals surface area contributed by atoms with Crippen LogP contribution in [0, 0.1) is 0 Å². The largest absolute Gasteiger partial charge is 0.377 e. The molecule has 2 aliphatic heterocycles. The number of hydrogen-bond donors (Lipinski definition) is 0. The number of piperazine rings is 1. The van der Waals surface area contributed by atoms with Crippen molar-refractivity contribution < 1.29 is 4.74 Å². The average molecular weight is 288 g/mol. The van der Waals surface area contributed by atoms with Crippen LogP contribution >= 0.6 is 0 Å². The highest BCUT2D eigenvalue weighted by Gasteiger charge is 2.28. The normalized spacial score (nSPS) is 28.0. The van der Waals surface area contributed by atoms with Crippen LogP contribution in [0.15, 0.2) is 30.3 Å². The molecule has 3 rings (SSSR count). The minimum Gasteiger partial charge on any atom is -0.377 e. The zero-order chi connectivity index (χ0) is 14.5. The molecule has 0 aliphatic carbocycles. The summed E-state index contributed by atoms with van der Waals surface area (Å²) in [6.07, 6.45) is 4.22. The van der Waals surface area contributed by atoms with Crippen LogP contribution < -0.4 is 0 Å². The Morgan fingerprint density at radius 3 is 2.76 bits per heavy atom. The highest BCUT2D eigenvalue weighted by atomic mass is 16.5. The Kier molecular flexibility index (Phi) is 5.28. The molecule has 1 aromatic rings. The lowest BCUT2D eigenvalue weighted by molar-refractivity contribution is 0.0234. The minimum atomic E-state index is 0.489. The molecule has 3 nitrogen and oxygen atoms in total. The smallest absolute Gasteiger partial charge is 0.0702 e. The number of ether oxygens (including phenoxy) is 1. The lowest BCUT2D eigenvalue weighted by Gasteiger charge is -2.42. The van der Waals surface area contributed by atoms with Crippen LogP contribution in [0.25, 0.3) is 0 Å². The molecule has 2 unspecified atom stereocenters. The first-order chi connectivity index (χ1) is 10.3. The van der Waals surface area contributed by atoms with Crippen LogP contribution in [0.5, 0.6) is 0 Å². The molecule has 21 heavy (non-hydrogen) atoms. The van der Waals surface area contributed by atoms with Crippen LogP contribution in [0.2, 0.25) is 0 Å². The molecule has 116 valence electrons. The van der Waals surface area contributed by atoms with Crippen LogP contribution in [0.3, 0.4) is 0 Å². The van der Waals surface area contributed by atoms with E-state index >= 15 is 0 Å². The van der Waals surface area contributed by atoms with Gasteiger partial charge in [-0.2, -0.15) is 0 Å². The zero-order valence-corrected chi connectivity index (χ0v) is 13.2. The predicted octanol–water partition coefficient (Wildman–Crippen LogP) is 2.76. The van der Waals surface area contributed by atoms with Gasteiger partial charge in [-0.25, -0.2) is 0 Å². The van der Waals surface area contributed by atoms with Gasteiger partial charge in [0.25, 0.3) is 0 Å². The maximum Gasteiger partial charge on any atom is 0.0702 e. The summed E-state index contributed by atoms with van der Waals surface area (Å²) in [6.45, 7) is 9.07. The summed E-state index contributed by atoms with van der Waals surface area (Å²) in [5.74, 6) is 0. The topological polar surface area (TPSA) is 15.7 Å². The van der Waals surface area contributed by atoms with E-state index in [1.54, 1.807) is 0 Å². The summed E-state index contributed by atoms with van der Waals surface area (Å²) in [5.41, 5.74) is 1.43. The molecule has 2 atom stereocenters. The molecule has 1 aromatic carbocycles. The Labute approximate surface area is 128 Å². The van der Waals surface area contributed by atoms with Crippen molar-refractivity contribution in [2.75, 3.05) is 32.8 Å². The Bertz CT molecular complexity index is 416. The first-order valence-corrected chi connectivity index (χ1v) is 8.47. The molecule has 3 heteroatoms. The second-order valence-electron chi connectivity index (χ2n) is 6.41. The first kappa shape index (κ1) is 15.0. The van der Waals surface area contributed by atoms with Gasteiger partial charge in [0.15, 0.2) is 0 Å². The SMILES string of the molecule is CCC1CN(CC2CCCO2)CCN1Cc1ccccc1. The van der Waals surface area contributed by atoms with E-state index in [9.17, 15) is 0 Å².